The molecule has 0 bridgehead atoms. The second kappa shape index (κ2) is 3.70. The molecule has 0 spiro atoms. The van der Waals surface area contributed by atoms with Crippen molar-refractivity contribution in [1.82, 2.24) is 15.0 Å². The van der Waals surface area contributed by atoms with Gasteiger partial charge in [-0.15, -0.1) is 5.10 Å². The van der Waals surface area contributed by atoms with Crippen molar-refractivity contribution in [1.29, 1.82) is 0 Å². The molecule has 2 aromatic rings. The zero-order valence-electron chi connectivity index (χ0n) is 6.89. The fourth-order valence-electron chi connectivity index (χ4n) is 1.12. The minimum Gasteiger partial charge on any atom is -0.247 e. The molecule has 66 valence electrons. The third-order valence-electron chi connectivity index (χ3n) is 1.70. The Bertz CT molecular complexity index is 383. The molecule has 4 heteroatoms. The minimum atomic E-state index is 0.763. The van der Waals surface area contributed by atoms with E-state index in [2.05, 4.69) is 38.4 Å². The molecular weight excluding hydrogens is 230 g/mol. The first-order valence-corrected chi connectivity index (χ1v) is 4.73. The molecule has 0 aliphatic carbocycles. The summed E-state index contributed by atoms with van der Waals surface area (Å²) in [4.78, 5) is 0. The lowest BCUT2D eigenvalue weighted by Crippen LogP contribution is -1.99. The Morgan fingerprint density at radius 2 is 2.00 bits per heavy atom. The maximum Gasteiger partial charge on any atom is 0.148 e. The summed E-state index contributed by atoms with van der Waals surface area (Å²) in [6, 6.07) is 10.2. The van der Waals surface area contributed by atoms with Gasteiger partial charge in [0.05, 0.1) is 12.7 Å². The largest absolute Gasteiger partial charge is 0.247 e. The van der Waals surface area contributed by atoms with Crippen LogP contribution in [0.4, 0.5) is 0 Å². The third-order valence-corrected chi connectivity index (χ3v) is 2.06. The molecule has 1 aromatic carbocycles. The maximum atomic E-state index is 3.93. The molecule has 1 heterocycles. The van der Waals surface area contributed by atoms with Crippen LogP contribution in [0.1, 0.15) is 5.56 Å². The summed E-state index contributed by atoms with van der Waals surface area (Å²) in [5, 5.41) is 7.77. The van der Waals surface area contributed by atoms with Crippen molar-refractivity contribution in [2.24, 2.45) is 0 Å². The molecule has 0 saturated carbocycles. The summed E-state index contributed by atoms with van der Waals surface area (Å²) in [6.07, 6.45) is 1.85. The zero-order valence-corrected chi connectivity index (χ0v) is 8.48. The Balaban J connectivity index is 2.15. The number of aromatic nitrogens is 3. The van der Waals surface area contributed by atoms with Gasteiger partial charge < -0.3 is 0 Å². The lowest BCUT2D eigenvalue weighted by atomic mass is 10.2. The molecule has 0 saturated heterocycles. The van der Waals surface area contributed by atoms with E-state index < -0.39 is 0 Å². The van der Waals surface area contributed by atoms with Crippen LogP contribution >= 0.6 is 15.9 Å². The van der Waals surface area contributed by atoms with Crippen LogP contribution in [0, 0.1) is 0 Å². The molecule has 0 unspecified atom stereocenters. The first kappa shape index (κ1) is 8.44. The summed E-state index contributed by atoms with van der Waals surface area (Å²) in [5.74, 6) is 0. The van der Waals surface area contributed by atoms with Crippen molar-refractivity contribution in [3.63, 3.8) is 0 Å². The molecule has 0 fully saturated rings. The normalized spacial score (nSPS) is 10.2. The van der Waals surface area contributed by atoms with E-state index in [1.807, 2.05) is 24.4 Å². The predicted octanol–water partition coefficient (Wildman–Crippen LogP) is 2.09. The van der Waals surface area contributed by atoms with Gasteiger partial charge in [-0.2, -0.15) is 0 Å². The van der Waals surface area contributed by atoms with Crippen LogP contribution in [-0.2, 0) is 6.54 Å². The highest BCUT2D eigenvalue weighted by Gasteiger charge is 1.96. The van der Waals surface area contributed by atoms with Crippen molar-refractivity contribution < 1.29 is 0 Å². The van der Waals surface area contributed by atoms with Crippen molar-refractivity contribution in [3.05, 3.63) is 46.7 Å². The fourth-order valence-corrected chi connectivity index (χ4v) is 1.43. The summed E-state index contributed by atoms with van der Waals surface area (Å²) >= 11 is 3.25. The van der Waals surface area contributed by atoms with E-state index in [1.165, 1.54) is 5.56 Å². The monoisotopic (exact) mass is 237 g/mol. The topological polar surface area (TPSA) is 30.7 Å². The fraction of sp³-hybridized carbons (Fsp3) is 0.111. The SMILES string of the molecule is Brc1cn(Cc2ccccc2)nn1. The van der Waals surface area contributed by atoms with Gasteiger partial charge >= 0.3 is 0 Å². The second-order valence-corrected chi connectivity index (χ2v) is 3.54. The van der Waals surface area contributed by atoms with Gasteiger partial charge in [0, 0.05) is 0 Å². The van der Waals surface area contributed by atoms with E-state index in [-0.39, 0.29) is 0 Å². The Hall–Kier alpha value is -1.16. The van der Waals surface area contributed by atoms with Crippen LogP contribution in [0.25, 0.3) is 0 Å². The minimum absolute atomic E-state index is 0.763. The summed E-state index contributed by atoms with van der Waals surface area (Å²) in [5.41, 5.74) is 1.22. The van der Waals surface area contributed by atoms with E-state index in [0.717, 1.165) is 11.1 Å². The van der Waals surface area contributed by atoms with Crippen LogP contribution in [0.5, 0.6) is 0 Å². The first-order valence-electron chi connectivity index (χ1n) is 3.94. The molecule has 0 N–H and O–H groups in total. The van der Waals surface area contributed by atoms with Gasteiger partial charge in [0.2, 0.25) is 0 Å². The summed E-state index contributed by atoms with van der Waals surface area (Å²) < 4.78 is 2.56. The lowest BCUT2D eigenvalue weighted by Gasteiger charge is -1.98. The third kappa shape index (κ3) is 2.15. The Labute approximate surface area is 84.5 Å². The van der Waals surface area contributed by atoms with Gasteiger partial charge in [-0.3, -0.25) is 0 Å². The maximum absolute atomic E-state index is 3.93. The average molecular weight is 238 g/mol. The Kier molecular flexibility index (Phi) is 2.40. The van der Waals surface area contributed by atoms with Crippen LogP contribution < -0.4 is 0 Å². The van der Waals surface area contributed by atoms with E-state index in [0.29, 0.717) is 0 Å². The number of halogens is 1. The molecule has 0 aliphatic rings. The van der Waals surface area contributed by atoms with Gasteiger partial charge in [-0.25, -0.2) is 4.68 Å². The van der Waals surface area contributed by atoms with Gasteiger partial charge in [0.1, 0.15) is 4.60 Å². The highest BCUT2D eigenvalue weighted by atomic mass is 79.9. The van der Waals surface area contributed by atoms with Crippen molar-refractivity contribution in [2.45, 2.75) is 6.54 Å². The molecule has 2 rings (SSSR count). The van der Waals surface area contributed by atoms with Gasteiger partial charge in [-0.05, 0) is 21.5 Å². The highest BCUT2D eigenvalue weighted by Crippen LogP contribution is 2.05. The quantitative estimate of drug-likeness (QED) is 0.801. The van der Waals surface area contributed by atoms with Crippen molar-refractivity contribution in [2.75, 3.05) is 0 Å². The Morgan fingerprint density at radius 3 is 2.62 bits per heavy atom. The van der Waals surface area contributed by atoms with E-state index in [1.54, 1.807) is 4.68 Å². The first-order chi connectivity index (χ1) is 6.34. The van der Waals surface area contributed by atoms with Crippen LogP contribution in [0.2, 0.25) is 0 Å². The van der Waals surface area contributed by atoms with Crippen molar-refractivity contribution in [3.8, 4) is 0 Å². The molecule has 0 atom stereocenters. The standard InChI is InChI=1S/C9H8BrN3/c10-9-7-13(12-11-9)6-8-4-2-1-3-5-8/h1-5,7H,6H2. The number of rotatable bonds is 2. The molecule has 0 amide bonds. The number of hydrogen-bond acceptors (Lipinski definition) is 2. The molecule has 3 nitrogen and oxygen atoms in total. The molecule has 1 aromatic heterocycles. The van der Waals surface area contributed by atoms with Gasteiger partial charge in [0.15, 0.2) is 0 Å². The average Bonchev–Trinajstić information content (AvgIpc) is 2.53. The highest BCUT2D eigenvalue weighted by molar-refractivity contribution is 9.10. The van der Waals surface area contributed by atoms with E-state index >= 15 is 0 Å². The van der Waals surface area contributed by atoms with Gasteiger partial charge in [-0.1, -0.05) is 35.5 Å². The van der Waals surface area contributed by atoms with Crippen LogP contribution in [-0.4, -0.2) is 15.0 Å². The lowest BCUT2D eigenvalue weighted by molar-refractivity contribution is 0.649. The predicted molar refractivity (Wildman–Crippen MR) is 53.3 cm³/mol. The van der Waals surface area contributed by atoms with Crippen molar-refractivity contribution >= 4 is 15.9 Å². The van der Waals surface area contributed by atoms with E-state index in [4.69, 9.17) is 0 Å². The molecule has 0 aliphatic heterocycles. The molecule has 0 radical (unpaired) electrons. The smallest absolute Gasteiger partial charge is 0.148 e. The Morgan fingerprint density at radius 1 is 1.23 bits per heavy atom. The molecular formula is C9H8BrN3. The number of nitrogens with zero attached hydrogens (tertiary/aromatic N) is 3. The number of hydrogen-bond donors (Lipinski definition) is 0. The second-order valence-electron chi connectivity index (χ2n) is 2.72. The number of benzene rings is 1. The zero-order chi connectivity index (χ0) is 9.10. The van der Waals surface area contributed by atoms with Crippen LogP contribution in [0.15, 0.2) is 41.1 Å². The van der Waals surface area contributed by atoms with Gasteiger partial charge in [0.25, 0.3) is 0 Å². The van der Waals surface area contributed by atoms with E-state index in [9.17, 15) is 0 Å². The summed E-state index contributed by atoms with van der Waals surface area (Å²) in [6.45, 7) is 0.763. The van der Waals surface area contributed by atoms with Crippen LogP contribution in [0.3, 0.4) is 0 Å². The summed E-state index contributed by atoms with van der Waals surface area (Å²) in [7, 11) is 0. The molecule has 13 heavy (non-hydrogen) atoms.